The van der Waals surface area contributed by atoms with Crippen LogP contribution in [0.3, 0.4) is 0 Å². The number of benzene rings is 1. The third-order valence-electron chi connectivity index (χ3n) is 7.18. The van der Waals surface area contributed by atoms with E-state index in [9.17, 15) is 22.8 Å². The summed E-state index contributed by atoms with van der Waals surface area (Å²) in [7, 11) is 0. The molecule has 36 heavy (non-hydrogen) atoms. The molecule has 6 nitrogen and oxygen atoms in total. The van der Waals surface area contributed by atoms with E-state index in [-0.39, 0.29) is 30.2 Å². The van der Waals surface area contributed by atoms with Gasteiger partial charge in [-0.25, -0.2) is 4.79 Å². The molecular weight excluding hydrogens is 516 g/mol. The fourth-order valence-corrected chi connectivity index (χ4v) is 5.30. The second-order valence-corrected chi connectivity index (χ2v) is 9.35. The van der Waals surface area contributed by atoms with Crippen LogP contribution < -0.4 is 11.2 Å². The number of pyridine rings is 1. The first-order valence-corrected chi connectivity index (χ1v) is 11.3. The van der Waals surface area contributed by atoms with Crippen molar-refractivity contribution in [1.82, 2.24) is 19.4 Å². The van der Waals surface area contributed by atoms with Gasteiger partial charge in [0.05, 0.1) is 11.1 Å². The molecule has 5 rings (SSSR count). The van der Waals surface area contributed by atoms with Crippen LogP contribution in [0.15, 0.2) is 58.4 Å². The minimum Gasteiger partial charge on any atom is -0.302 e. The Morgan fingerprint density at radius 1 is 1.08 bits per heavy atom. The third kappa shape index (κ3) is 5.23. The van der Waals surface area contributed by atoms with E-state index in [1.54, 1.807) is 36.7 Å². The molecule has 1 aromatic carbocycles. The first-order valence-electron chi connectivity index (χ1n) is 11.3. The topological polar surface area (TPSA) is 71.0 Å². The molecule has 0 unspecified atom stereocenters. The summed E-state index contributed by atoms with van der Waals surface area (Å²) in [6, 6.07) is 9.14. The number of likely N-dealkylation sites (tertiary alicyclic amines) is 1. The molecule has 2 aliphatic rings. The van der Waals surface area contributed by atoms with Crippen molar-refractivity contribution in [2.45, 2.75) is 37.9 Å². The van der Waals surface area contributed by atoms with Crippen molar-refractivity contribution in [3.8, 4) is 11.1 Å². The second-order valence-electron chi connectivity index (χ2n) is 9.35. The zero-order valence-electron chi connectivity index (χ0n) is 19.5. The van der Waals surface area contributed by atoms with Crippen LogP contribution in [-0.4, -0.2) is 39.1 Å². The highest BCUT2D eigenvalue weighted by molar-refractivity contribution is 5.85. The average molecular weight is 543 g/mol. The van der Waals surface area contributed by atoms with Gasteiger partial charge >= 0.3 is 11.9 Å². The van der Waals surface area contributed by atoms with Crippen molar-refractivity contribution in [2.24, 2.45) is 5.92 Å². The molecule has 1 saturated carbocycles. The second kappa shape index (κ2) is 10.4. The van der Waals surface area contributed by atoms with Gasteiger partial charge in [-0.2, -0.15) is 13.2 Å². The maximum atomic E-state index is 12.9. The quantitative estimate of drug-likeness (QED) is 0.500. The Hall–Kier alpha value is -2.62. The van der Waals surface area contributed by atoms with Gasteiger partial charge in [0.25, 0.3) is 5.56 Å². The Morgan fingerprint density at radius 3 is 2.47 bits per heavy atom. The van der Waals surface area contributed by atoms with Gasteiger partial charge in [-0.15, -0.1) is 24.8 Å². The number of rotatable bonds is 6. The fraction of sp³-hybridized carbons (Fsp3) is 0.400. The van der Waals surface area contributed by atoms with Gasteiger partial charge in [-0.05, 0) is 56.0 Å². The number of nitrogens with zero attached hydrogens (tertiary/aromatic N) is 3. The highest BCUT2D eigenvalue weighted by Crippen LogP contribution is 2.59. The smallest absolute Gasteiger partial charge is 0.302 e. The number of fused-ring (bicyclic) bond motifs is 1. The summed E-state index contributed by atoms with van der Waals surface area (Å²) < 4.78 is 40.2. The summed E-state index contributed by atoms with van der Waals surface area (Å²) >= 11 is 0. The van der Waals surface area contributed by atoms with E-state index >= 15 is 0 Å². The molecule has 1 aliphatic carbocycles. The molecule has 1 N–H and O–H groups in total. The number of aryl methyl sites for hydroxylation is 2. The molecule has 2 fully saturated rings. The number of nitrogens with one attached hydrogen (secondary N) is 1. The molecule has 194 valence electrons. The zero-order valence-corrected chi connectivity index (χ0v) is 21.2. The first-order chi connectivity index (χ1) is 16.2. The van der Waals surface area contributed by atoms with Crippen LogP contribution in [-0.2, 0) is 18.1 Å². The van der Waals surface area contributed by atoms with Crippen LogP contribution in [0, 0.1) is 12.8 Å². The molecular formula is C25H27Cl2F3N4O2. The van der Waals surface area contributed by atoms with Gasteiger partial charge in [0, 0.05) is 48.7 Å². The lowest BCUT2D eigenvalue weighted by atomic mass is 9.94. The largest absolute Gasteiger partial charge is 0.416 e. The predicted molar refractivity (Wildman–Crippen MR) is 136 cm³/mol. The van der Waals surface area contributed by atoms with Crippen molar-refractivity contribution in [1.29, 1.82) is 0 Å². The van der Waals surface area contributed by atoms with Crippen molar-refractivity contribution in [2.75, 3.05) is 19.6 Å². The number of hydrogen-bond donors (Lipinski definition) is 1. The molecule has 2 aromatic heterocycles. The molecule has 0 radical (unpaired) electrons. The van der Waals surface area contributed by atoms with Crippen LogP contribution in [0.4, 0.5) is 13.2 Å². The lowest BCUT2D eigenvalue weighted by Crippen LogP contribution is -2.32. The number of aromatic amines is 1. The van der Waals surface area contributed by atoms with E-state index in [0.717, 1.165) is 31.6 Å². The van der Waals surface area contributed by atoms with Crippen LogP contribution in [0.25, 0.3) is 11.1 Å². The van der Waals surface area contributed by atoms with Crippen molar-refractivity contribution >= 4 is 24.8 Å². The van der Waals surface area contributed by atoms with Crippen molar-refractivity contribution < 1.29 is 13.2 Å². The molecule has 0 spiro atoms. The van der Waals surface area contributed by atoms with Crippen molar-refractivity contribution in [3.05, 3.63) is 86.5 Å². The molecule has 3 aromatic rings. The molecule has 11 heteroatoms. The van der Waals surface area contributed by atoms with E-state index in [0.29, 0.717) is 35.7 Å². The summed E-state index contributed by atoms with van der Waals surface area (Å²) in [5.74, 6) is 0.459. The maximum Gasteiger partial charge on any atom is 0.416 e. The Kier molecular flexibility index (Phi) is 8.07. The van der Waals surface area contributed by atoms with E-state index in [2.05, 4.69) is 14.9 Å². The van der Waals surface area contributed by atoms with Gasteiger partial charge in [0.2, 0.25) is 0 Å². The van der Waals surface area contributed by atoms with E-state index < -0.39 is 23.0 Å². The minimum absolute atomic E-state index is 0. The number of piperidine rings is 1. The van der Waals surface area contributed by atoms with Crippen molar-refractivity contribution in [3.63, 3.8) is 0 Å². The monoisotopic (exact) mass is 542 g/mol. The highest BCUT2D eigenvalue weighted by Gasteiger charge is 2.60. The number of halogens is 5. The Bertz CT molecular complexity index is 1340. The Labute approximate surface area is 218 Å². The van der Waals surface area contributed by atoms with E-state index in [4.69, 9.17) is 0 Å². The maximum absolute atomic E-state index is 12.9. The lowest BCUT2D eigenvalue weighted by Gasteiger charge is -2.21. The zero-order chi connectivity index (χ0) is 24.1. The number of hydrogen-bond acceptors (Lipinski definition) is 4. The summed E-state index contributed by atoms with van der Waals surface area (Å²) in [5.41, 5.74) is 1.24. The van der Waals surface area contributed by atoms with Gasteiger partial charge in [0.1, 0.15) is 0 Å². The first kappa shape index (κ1) is 28.0. The normalized spacial score (nSPS) is 20.8. The number of aromatic nitrogens is 3. The van der Waals surface area contributed by atoms with Gasteiger partial charge < -0.3 is 4.90 Å². The third-order valence-corrected chi connectivity index (χ3v) is 7.18. The molecule has 0 bridgehead atoms. The lowest BCUT2D eigenvalue weighted by molar-refractivity contribution is -0.137. The molecule has 3 heterocycles. The van der Waals surface area contributed by atoms with Gasteiger partial charge in [-0.3, -0.25) is 19.3 Å². The fourth-order valence-electron chi connectivity index (χ4n) is 5.30. The average Bonchev–Trinajstić information content (AvgIpc) is 3.37. The molecule has 2 atom stereocenters. The van der Waals surface area contributed by atoms with Gasteiger partial charge in [0.15, 0.2) is 0 Å². The number of H-pyrrole nitrogens is 1. The predicted octanol–water partition coefficient (Wildman–Crippen LogP) is 4.43. The molecule has 1 saturated heterocycles. The summed E-state index contributed by atoms with van der Waals surface area (Å²) in [5, 5.41) is 0. The molecule has 1 aliphatic heterocycles. The van der Waals surface area contributed by atoms with E-state index in [1.165, 1.54) is 16.7 Å². The van der Waals surface area contributed by atoms with Crippen LogP contribution in [0.1, 0.15) is 29.7 Å². The van der Waals surface area contributed by atoms with Crippen LogP contribution in [0.2, 0.25) is 0 Å². The number of alkyl halides is 3. The summed E-state index contributed by atoms with van der Waals surface area (Å²) in [6.45, 7) is 4.75. The summed E-state index contributed by atoms with van der Waals surface area (Å²) in [4.78, 5) is 33.6. The van der Waals surface area contributed by atoms with Crippen LogP contribution >= 0.6 is 24.8 Å². The van der Waals surface area contributed by atoms with E-state index in [1.807, 2.05) is 6.92 Å². The Balaban J connectivity index is 0.00000180. The van der Waals surface area contributed by atoms with Gasteiger partial charge in [-0.1, -0.05) is 18.2 Å². The Morgan fingerprint density at radius 2 is 1.81 bits per heavy atom. The van der Waals surface area contributed by atoms with Crippen LogP contribution in [0.5, 0.6) is 0 Å². The highest BCUT2D eigenvalue weighted by atomic mass is 35.5. The minimum atomic E-state index is -4.32. The summed E-state index contributed by atoms with van der Waals surface area (Å²) in [6.07, 6.45) is 0.642. The molecule has 0 amide bonds. The SMILES string of the molecule is Cc1ncccc1-c1cn(CCCN2C[C@@H]3C[C@]3(c3ccc(C(F)(F)F)cc3)C2)c(=O)[nH]c1=O.Cl.Cl. The standard InChI is InChI=1S/C25H25F3N4O2.2ClH/c1-16-20(4-2-9-29-16)21-14-32(23(34)30-22(21)33)11-3-10-31-13-19-12-24(19,15-31)17-5-7-18(8-6-17)25(26,27)28;;/h2,4-9,14,19H,3,10-13,15H2,1H3,(H,30,33,34);2*1H/t19-,24+;;/m0../s1.